The molecular weight excluding hydrogens is 254 g/mol. The van der Waals surface area contributed by atoms with Crippen molar-refractivity contribution in [3.63, 3.8) is 0 Å². The first-order chi connectivity index (χ1) is 8.90. The Bertz CT molecular complexity index is 614. The van der Waals surface area contributed by atoms with Crippen molar-refractivity contribution in [2.24, 2.45) is 17.8 Å². The first-order valence-electron chi connectivity index (χ1n) is 6.95. The molecular formula is C15H23N3S. The van der Waals surface area contributed by atoms with Crippen LogP contribution in [0.25, 0.3) is 11.2 Å². The number of aromatic amines is 1. The summed E-state index contributed by atoms with van der Waals surface area (Å²) < 4.78 is 2.92. The maximum absolute atomic E-state index is 5.46. The Morgan fingerprint density at radius 1 is 1.26 bits per heavy atom. The van der Waals surface area contributed by atoms with Gasteiger partial charge in [0.25, 0.3) is 0 Å². The molecule has 0 atom stereocenters. The molecule has 2 heterocycles. The van der Waals surface area contributed by atoms with E-state index >= 15 is 0 Å². The molecule has 2 aromatic rings. The highest BCUT2D eigenvalue weighted by atomic mass is 32.1. The van der Waals surface area contributed by atoms with Crippen molar-refractivity contribution in [3.8, 4) is 0 Å². The molecule has 0 aromatic carbocycles. The second kappa shape index (κ2) is 5.45. The summed E-state index contributed by atoms with van der Waals surface area (Å²) in [4.78, 5) is 7.80. The zero-order valence-electron chi connectivity index (χ0n) is 12.4. The van der Waals surface area contributed by atoms with Crippen molar-refractivity contribution < 1.29 is 0 Å². The lowest BCUT2D eigenvalue weighted by atomic mass is 9.85. The van der Waals surface area contributed by atoms with Crippen LogP contribution in [-0.2, 0) is 6.54 Å². The molecule has 0 aliphatic rings. The molecule has 0 saturated heterocycles. The van der Waals surface area contributed by atoms with Crippen LogP contribution in [0.4, 0.5) is 0 Å². The number of hydrogen-bond donors (Lipinski definition) is 1. The van der Waals surface area contributed by atoms with Crippen LogP contribution in [0.3, 0.4) is 0 Å². The topological polar surface area (TPSA) is 33.6 Å². The predicted octanol–water partition coefficient (Wildman–Crippen LogP) is 4.33. The highest BCUT2D eigenvalue weighted by molar-refractivity contribution is 7.71. The second-order valence-electron chi connectivity index (χ2n) is 6.08. The summed E-state index contributed by atoms with van der Waals surface area (Å²) in [6.07, 6.45) is 1.90. The van der Waals surface area contributed by atoms with Crippen molar-refractivity contribution in [2.45, 2.75) is 41.2 Å². The van der Waals surface area contributed by atoms with Crippen LogP contribution in [-0.4, -0.2) is 14.5 Å². The summed E-state index contributed by atoms with van der Waals surface area (Å²) in [5.74, 6) is 1.88. The zero-order chi connectivity index (χ0) is 14.2. The van der Waals surface area contributed by atoms with Crippen LogP contribution in [0.1, 0.15) is 33.3 Å². The summed E-state index contributed by atoms with van der Waals surface area (Å²) in [7, 11) is 0. The number of H-pyrrole nitrogens is 1. The minimum Gasteiger partial charge on any atom is -0.329 e. The van der Waals surface area contributed by atoms with Crippen LogP contribution >= 0.6 is 12.2 Å². The van der Waals surface area contributed by atoms with Gasteiger partial charge in [-0.15, -0.1) is 0 Å². The number of aryl methyl sites for hydroxylation is 1. The maximum atomic E-state index is 5.46. The third kappa shape index (κ3) is 2.89. The summed E-state index contributed by atoms with van der Waals surface area (Å²) in [5, 5.41) is 0. The van der Waals surface area contributed by atoms with Gasteiger partial charge in [-0.2, -0.15) is 0 Å². The molecule has 0 radical (unpaired) electrons. The minimum atomic E-state index is 0.605. The van der Waals surface area contributed by atoms with Crippen LogP contribution < -0.4 is 0 Å². The van der Waals surface area contributed by atoms with Crippen molar-refractivity contribution in [1.29, 1.82) is 0 Å². The van der Waals surface area contributed by atoms with Gasteiger partial charge >= 0.3 is 0 Å². The number of hydrogen-bond acceptors (Lipinski definition) is 2. The monoisotopic (exact) mass is 277 g/mol. The number of fused-ring (bicyclic) bond motifs is 1. The van der Waals surface area contributed by atoms with E-state index in [1.807, 2.05) is 13.1 Å². The first-order valence-corrected chi connectivity index (χ1v) is 7.36. The van der Waals surface area contributed by atoms with Gasteiger partial charge in [0.05, 0.1) is 5.52 Å². The van der Waals surface area contributed by atoms with Crippen LogP contribution in [0, 0.1) is 29.4 Å². The minimum absolute atomic E-state index is 0.605. The molecule has 104 valence electrons. The van der Waals surface area contributed by atoms with Crippen LogP contribution in [0.5, 0.6) is 0 Å². The third-order valence-corrected chi connectivity index (χ3v) is 4.17. The molecule has 0 saturated carbocycles. The van der Waals surface area contributed by atoms with Gasteiger partial charge in [-0.3, -0.25) is 0 Å². The Kier molecular flexibility index (Phi) is 4.09. The number of nitrogens with zero attached hydrogens (tertiary/aromatic N) is 2. The number of imidazole rings is 1. The van der Waals surface area contributed by atoms with Gasteiger partial charge in [-0.1, -0.05) is 27.7 Å². The van der Waals surface area contributed by atoms with E-state index in [0.29, 0.717) is 17.8 Å². The Balaban J connectivity index is 2.45. The smallest absolute Gasteiger partial charge is 0.179 e. The molecule has 1 N–H and O–H groups in total. The summed E-state index contributed by atoms with van der Waals surface area (Å²) in [6, 6.07) is 2.11. The van der Waals surface area contributed by atoms with Crippen molar-refractivity contribution >= 4 is 23.4 Å². The molecule has 0 fully saturated rings. The quantitative estimate of drug-likeness (QED) is 0.844. The number of aromatic nitrogens is 3. The number of rotatable bonds is 4. The standard InChI is InChI=1S/C15H23N3S/c1-9(2)12(10(3)4)8-18-14-13(17-15(18)19)6-11(5)7-16-14/h6-7,9-10,12H,8H2,1-5H3,(H,17,19). The van der Waals surface area contributed by atoms with Crippen molar-refractivity contribution in [3.05, 3.63) is 22.6 Å². The summed E-state index contributed by atoms with van der Waals surface area (Å²) in [5.41, 5.74) is 3.17. The van der Waals surface area contributed by atoms with Crippen molar-refractivity contribution in [1.82, 2.24) is 14.5 Å². The van der Waals surface area contributed by atoms with E-state index in [0.717, 1.165) is 28.0 Å². The molecule has 4 heteroatoms. The summed E-state index contributed by atoms with van der Waals surface area (Å²) in [6.45, 7) is 12.1. The average molecular weight is 277 g/mol. The predicted molar refractivity (Wildman–Crippen MR) is 82.8 cm³/mol. The number of pyridine rings is 1. The fourth-order valence-corrected chi connectivity index (χ4v) is 2.99. The Morgan fingerprint density at radius 2 is 1.89 bits per heavy atom. The van der Waals surface area contributed by atoms with Gasteiger partial charge in [0.1, 0.15) is 0 Å². The van der Waals surface area contributed by atoms with Crippen LogP contribution in [0.2, 0.25) is 0 Å². The Labute approximate surface area is 120 Å². The molecule has 0 bridgehead atoms. The highest BCUT2D eigenvalue weighted by Gasteiger charge is 2.19. The van der Waals surface area contributed by atoms with E-state index in [4.69, 9.17) is 12.2 Å². The summed E-state index contributed by atoms with van der Waals surface area (Å²) >= 11 is 5.46. The lowest BCUT2D eigenvalue weighted by molar-refractivity contribution is 0.253. The van der Waals surface area contributed by atoms with Gasteiger partial charge in [-0.05, 0) is 48.5 Å². The molecule has 0 spiro atoms. The lowest BCUT2D eigenvalue weighted by Crippen LogP contribution is -2.22. The Morgan fingerprint density at radius 3 is 2.47 bits per heavy atom. The van der Waals surface area contributed by atoms with Gasteiger partial charge in [0.2, 0.25) is 0 Å². The number of nitrogens with one attached hydrogen (secondary N) is 1. The average Bonchev–Trinajstić information content (AvgIpc) is 2.60. The molecule has 0 aliphatic carbocycles. The molecule has 0 aliphatic heterocycles. The first kappa shape index (κ1) is 14.3. The molecule has 19 heavy (non-hydrogen) atoms. The van der Waals surface area contributed by atoms with E-state index in [9.17, 15) is 0 Å². The van der Waals surface area contributed by atoms with E-state index in [-0.39, 0.29) is 0 Å². The van der Waals surface area contributed by atoms with Gasteiger partial charge in [0.15, 0.2) is 10.4 Å². The van der Waals surface area contributed by atoms with E-state index in [1.165, 1.54) is 0 Å². The fourth-order valence-electron chi connectivity index (χ4n) is 2.72. The SMILES string of the molecule is Cc1cnc2c(c1)[nH]c(=S)n2CC(C(C)C)C(C)C. The molecule has 0 unspecified atom stereocenters. The normalized spacial score (nSPS) is 12.2. The van der Waals surface area contributed by atoms with E-state index in [2.05, 4.69) is 48.3 Å². The fraction of sp³-hybridized carbons (Fsp3) is 0.600. The third-order valence-electron chi connectivity index (χ3n) is 3.85. The zero-order valence-corrected chi connectivity index (χ0v) is 13.2. The molecule has 3 nitrogen and oxygen atoms in total. The van der Waals surface area contributed by atoms with Gasteiger partial charge in [-0.25, -0.2) is 4.98 Å². The second-order valence-corrected chi connectivity index (χ2v) is 6.46. The maximum Gasteiger partial charge on any atom is 0.179 e. The largest absolute Gasteiger partial charge is 0.329 e. The van der Waals surface area contributed by atoms with E-state index in [1.54, 1.807) is 0 Å². The van der Waals surface area contributed by atoms with Crippen LogP contribution in [0.15, 0.2) is 12.3 Å². The van der Waals surface area contributed by atoms with Gasteiger partial charge in [0, 0.05) is 12.7 Å². The van der Waals surface area contributed by atoms with E-state index < -0.39 is 0 Å². The highest BCUT2D eigenvalue weighted by Crippen LogP contribution is 2.24. The molecule has 0 amide bonds. The van der Waals surface area contributed by atoms with Crippen molar-refractivity contribution in [2.75, 3.05) is 0 Å². The molecule has 2 rings (SSSR count). The lowest BCUT2D eigenvalue weighted by Gasteiger charge is -2.25. The Hall–Kier alpha value is -1.16. The van der Waals surface area contributed by atoms with Gasteiger partial charge < -0.3 is 9.55 Å². The molecule has 2 aromatic heterocycles.